The van der Waals surface area contributed by atoms with E-state index in [0.717, 1.165) is 10.4 Å². The number of fused-ring (bicyclic) bond motifs is 1. The first kappa shape index (κ1) is 16.9. The highest BCUT2D eigenvalue weighted by molar-refractivity contribution is 7.15. The molecule has 3 heterocycles. The Kier molecular flexibility index (Phi) is 4.37. The van der Waals surface area contributed by atoms with Crippen LogP contribution in [0, 0.1) is 5.92 Å². The molecule has 0 radical (unpaired) electrons. The number of carbonyl (C=O) groups excluding carboxylic acids is 1. The summed E-state index contributed by atoms with van der Waals surface area (Å²) in [5.41, 5.74) is 0.941. The molecule has 1 aliphatic rings. The zero-order valence-electron chi connectivity index (χ0n) is 13.2. The summed E-state index contributed by atoms with van der Waals surface area (Å²) < 4.78 is 41.9. The van der Waals surface area contributed by atoms with Crippen LogP contribution in [-0.4, -0.2) is 27.5 Å². The third-order valence-corrected chi connectivity index (χ3v) is 4.92. The Hall–Kier alpha value is -1.90. The van der Waals surface area contributed by atoms with E-state index in [9.17, 15) is 18.0 Å². The van der Waals surface area contributed by atoms with E-state index >= 15 is 0 Å². The maximum atomic E-state index is 12.6. The Balaban J connectivity index is 1.78. The van der Waals surface area contributed by atoms with Crippen LogP contribution >= 0.6 is 11.3 Å². The maximum absolute atomic E-state index is 12.6. The summed E-state index contributed by atoms with van der Waals surface area (Å²) in [4.78, 5) is 19.0. The van der Waals surface area contributed by atoms with Gasteiger partial charge in [0.2, 0.25) is 11.7 Å². The summed E-state index contributed by atoms with van der Waals surface area (Å²) in [7, 11) is 0. The van der Waals surface area contributed by atoms with Gasteiger partial charge in [0.15, 0.2) is 0 Å². The number of amides is 1. The van der Waals surface area contributed by atoms with Crippen molar-refractivity contribution in [1.29, 1.82) is 0 Å². The molecule has 0 bridgehead atoms. The van der Waals surface area contributed by atoms with Crippen molar-refractivity contribution in [2.45, 2.75) is 39.4 Å². The minimum absolute atomic E-state index is 0.0678. The topological polar surface area (TPSA) is 59.2 Å². The van der Waals surface area contributed by atoms with Crippen LogP contribution in [0.2, 0.25) is 0 Å². The van der Waals surface area contributed by atoms with Crippen LogP contribution in [0.4, 0.5) is 13.2 Å². The molecule has 2 aromatic rings. The highest BCUT2D eigenvalue weighted by Crippen LogP contribution is 2.35. The number of thiophene rings is 1. The van der Waals surface area contributed by atoms with Crippen molar-refractivity contribution in [1.82, 2.24) is 15.0 Å². The van der Waals surface area contributed by atoms with E-state index in [-0.39, 0.29) is 17.6 Å². The Morgan fingerprint density at radius 1 is 1.46 bits per heavy atom. The molecular formula is C15H16F3N3O2S. The second kappa shape index (κ2) is 6.19. The van der Waals surface area contributed by atoms with E-state index in [1.165, 1.54) is 11.3 Å². The molecule has 0 spiro atoms. The van der Waals surface area contributed by atoms with Crippen molar-refractivity contribution in [2.75, 3.05) is 6.54 Å². The fourth-order valence-electron chi connectivity index (χ4n) is 2.57. The number of halogens is 3. The molecule has 0 fully saturated rings. The van der Waals surface area contributed by atoms with Crippen LogP contribution in [-0.2, 0) is 23.9 Å². The van der Waals surface area contributed by atoms with Crippen molar-refractivity contribution >= 4 is 17.2 Å². The largest absolute Gasteiger partial charge is 0.471 e. The number of hydrogen-bond donors (Lipinski definition) is 0. The van der Waals surface area contributed by atoms with E-state index in [4.69, 9.17) is 0 Å². The SMILES string of the molecule is CC(C)CC(=O)N1CCc2sc(-c3noc(C(F)(F)F)n3)cc2C1. The van der Waals surface area contributed by atoms with Gasteiger partial charge in [-0.15, -0.1) is 11.3 Å². The Morgan fingerprint density at radius 2 is 2.21 bits per heavy atom. The molecule has 9 heteroatoms. The van der Waals surface area contributed by atoms with Gasteiger partial charge in [-0.05, 0) is 24.0 Å². The molecule has 0 N–H and O–H groups in total. The Bertz CT molecular complexity index is 751. The van der Waals surface area contributed by atoms with Crippen LogP contribution < -0.4 is 0 Å². The molecule has 1 amide bonds. The number of alkyl halides is 3. The zero-order chi connectivity index (χ0) is 17.5. The fraction of sp³-hybridized carbons (Fsp3) is 0.533. The van der Waals surface area contributed by atoms with Crippen molar-refractivity contribution in [2.24, 2.45) is 5.92 Å². The van der Waals surface area contributed by atoms with Gasteiger partial charge in [-0.25, -0.2) is 0 Å². The first-order valence-corrected chi connectivity index (χ1v) is 8.36. The first-order valence-electron chi connectivity index (χ1n) is 7.54. The predicted molar refractivity (Wildman–Crippen MR) is 81.2 cm³/mol. The minimum atomic E-state index is -4.65. The summed E-state index contributed by atoms with van der Waals surface area (Å²) in [5, 5.41) is 3.41. The smallest absolute Gasteiger partial charge is 0.338 e. The van der Waals surface area contributed by atoms with E-state index in [1.807, 2.05) is 13.8 Å². The van der Waals surface area contributed by atoms with E-state index < -0.39 is 12.1 Å². The number of aromatic nitrogens is 2. The van der Waals surface area contributed by atoms with E-state index in [1.54, 1.807) is 11.0 Å². The third kappa shape index (κ3) is 3.45. The molecular weight excluding hydrogens is 343 g/mol. The number of rotatable bonds is 3. The summed E-state index contributed by atoms with van der Waals surface area (Å²) >= 11 is 1.35. The van der Waals surface area contributed by atoms with Crippen LogP contribution in [0.1, 0.15) is 36.6 Å². The number of hydrogen-bond acceptors (Lipinski definition) is 5. The van der Waals surface area contributed by atoms with Gasteiger partial charge in [0, 0.05) is 24.4 Å². The highest BCUT2D eigenvalue weighted by atomic mass is 32.1. The van der Waals surface area contributed by atoms with Crippen molar-refractivity contribution in [3.8, 4) is 10.7 Å². The fourth-order valence-corrected chi connectivity index (χ4v) is 3.66. The average Bonchev–Trinajstić information content (AvgIpc) is 3.11. The third-order valence-electron chi connectivity index (χ3n) is 3.69. The van der Waals surface area contributed by atoms with Gasteiger partial charge in [0.25, 0.3) is 0 Å². The predicted octanol–water partition coefficient (Wildman–Crippen LogP) is 3.75. The molecule has 0 aliphatic carbocycles. The highest BCUT2D eigenvalue weighted by Gasteiger charge is 2.38. The number of nitrogens with zero attached hydrogens (tertiary/aromatic N) is 3. The second-order valence-electron chi connectivity index (χ2n) is 6.14. The molecule has 0 atom stereocenters. The molecule has 24 heavy (non-hydrogen) atoms. The molecule has 3 rings (SSSR count). The molecule has 0 saturated carbocycles. The molecule has 2 aromatic heterocycles. The summed E-state index contributed by atoms with van der Waals surface area (Å²) in [6, 6.07) is 1.75. The summed E-state index contributed by atoms with van der Waals surface area (Å²) in [6.45, 7) is 5.08. The zero-order valence-corrected chi connectivity index (χ0v) is 14.0. The van der Waals surface area contributed by atoms with Gasteiger partial charge < -0.3 is 9.42 Å². The molecule has 0 saturated heterocycles. The molecule has 5 nitrogen and oxygen atoms in total. The lowest BCUT2D eigenvalue weighted by molar-refractivity contribution is -0.159. The lowest BCUT2D eigenvalue weighted by Gasteiger charge is -2.27. The van der Waals surface area contributed by atoms with Crippen LogP contribution in [0.25, 0.3) is 10.7 Å². The van der Waals surface area contributed by atoms with E-state index in [2.05, 4.69) is 14.7 Å². The molecule has 0 unspecified atom stereocenters. The first-order chi connectivity index (χ1) is 11.2. The van der Waals surface area contributed by atoms with Crippen molar-refractivity contribution in [3.05, 3.63) is 22.4 Å². The van der Waals surface area contributed by atoms with Crippen LogP contribution in [0.3, 0.4) is 0 Å². The summed E-state index contributed by atoms with van der Waals surface area (Å²) in [5.74, 6) is -1.03. The van der Waals surface area contributed by atoms with Gasteiger partial charge in [-0.3, -0.25) is 4.79 Å². The van der Waals surface area contributed by atoms with Gasteiger partial charge >= 0.3 is 12.1 Å². The normalized spacial score (nSPS) is 15.0. The minimum Gasteiger partial charge on any atom is -0.338 e. The Morgan fingerprint density at radius 3 is 2.83 bits per heavy atom. The van der Waals surface area contributed by atoms with Crippen LogP contribution in [0.5, 0.6) is 0 Å². The lowest BCUT2D eigenvalue weighted by Crippen LogP contribution is -2.35. The van der Waals surface area contributed by atoms with Crippen molar-refractivity contribution < 1.29 is 22.5 Å². The maximum Gasteiger partial charge on any atom is 0.471 e. The summed E-state index contributed by atoms with van der Waals surface area (Å²) in [6.07, 6.45) is -3.47. The standard InChI is InChI=1S/C15H16F3N3O2S/c1-8(2)5-12(22)21-4-3-10-9(7-21)6-11(24-10)13-19-14(23-20-13)15(16,17)18/h6,8H,3-5,7H2,1-2H3. The molecule has 0 aromatic carbocycles. The lowest BCUT2D eigenvalue weighted by atomic mass is 10.1. The Labute approximate surface area is 140 Å². The molecule has 130 valence electrons. The van der Waals surface area contributed by atoms with Gasteiger partial charge in [0.1, 0.15) is 0 Å². The molecule has 1 aliphatic heterocycles. The van der Waals surface area contributed by atoms with Gasteiger partial charge in [-0.1, -0.05) is 19.0 Å². The number of carbonyl (C=O) groups is 1. The monoisotopic (exact) mass is 359 g/mol. The van der Waals surface area contributed by atoms with E-state index in [0.29, 0.717) is 30.8 Å². The quantitative estimate of drug-likeness (QED) is 0.837. The average molecular weight is 359 g/mol. The van der Waals surface area contributed by atoms with Gasteiger partial charge in [0.05, 0.1) is 4.88 Å². The second-order valence-corrected chi connectivity index (χ2v) is 7.28. The van der Waals surface area contributed by atoms with Crippen LogP contribution in [0.15, 0.2) is 10.6 Å². The van der Waals surface area contributed by atoms with Crippen molar-refractivity contribution in [3.63, 3.8) is 0 Å². The van der Waals surface area contributed by atoms with Gasteiger partial charge in [-0.2, -0.15) is 18.2 Å².